The van der Waals surface area contributed by atoms with E-state index in [0.29, 0.717) is 18.4 Å². The average molecular weight is 263 g/mol. The average Bonchev–Trinajstić information content (AvgIpc) is 2.42. The molecular formula is C14H15F2N3. The zero-order valence-corrected chi connectivity index (χ0v) is 10.3. The van der Waals surface area contributed by atoms with E-state index in [4.69, 9.17) is 5.84 Å². The van der Waals surface area contributed by atoms with E-state index in [9.17, 15) is 8.78 Å². The van der Waals surface area contributed by atoms with E-state index in [1.54, 1.807) is 12.4 Å². The number of nitrogens with one attached hydrogen (secondary N) is 1. The van der Waals surface area contributed by atoms with E-state index < -0.39 is 11.6 Å². The first-order valence-corrected chi connectivity index (χ1v) is 6.00. The Balaban J connectivity index is 2.08. The molecule has 0 spiro atoms. The standard InChI is InChI=1S/C14H15F2N3/c15-11-4-5-12(13(16)8-11)14(19-17)6-3-10-2-1-7-18-9-10/h1-2,4-5,7-9,14,19H,3,6,17H2. The Hall–Kier alpha value is -1.85. The number of hydrazine groups is 1. The molecule has 0 radical (unpaired) electrons. The lowest BCUT2D eigenvalue weighted by Gasteiger charge is -2.17. The number of hydrogen-bond acceptors (Lipinski definition) is 3. The largest absolute Gasteiger partial charge is 0.271 e. The molecule has 0 aliphatic heterocycles. The summed E-state index contributed by atoms with van der Waals surface area (Å²) in [4.78, 5) is 4.02. The van der Waals surface area contributed by atoms with Crippen molar-refractivity contribution in [3.05, 3.63) is 65.5 Å². The van der Waals surface area contributed by atoms with E-state index in [0.717, 1.165) is 11.6 Å². The Bertz CT molecular complexity index is 531. The van der Waals surface area contributed by atoms with Gasteiger partial charge in [0.1, 0.15) is 11.6 Å². The summed E-state index contributed by atoms with van der Waals surface area (Å²) in [5, 5.41) is 0. The van der Waals surface area contributed by atoms with Gasteiger partial charge in [0.25, 0.3) is 0 Å². The van der Waals surface area contributed by atoms with Crippen LogP contribution in [0.3, 0.4) is 0 Å². The van der Waals surface area contributed by atoms with E-state index in [1.165, 1.54) is 12.1 Å². The summed E-state index contributed by atoms with van der Waals surface area (Å²) in [7, 11) is 0. The second kappa shape index (κ2) is 6.36. The van der Waals surface area contributed by atoms with Crippen LogP contribution in [0.1, 0.15) is 23.6 Å². The molecule has 5 heteroatoms. The third-order valence-electron chi connectivity index (χ3n) is 2.98. The van der Waals surface area contributed by atoms with Gasteiger partial charge in [-0.15, -0.1) is 0 Å². The molecule has 1 heterocycles. The predicted octanol–water partition coefficient (Wildman–Crippen LogP) is 2.50. The number of hydrogen-bond donors (Lipinski definition) is 2. The second-order valence-corrected chi connectivity index (χ2v) is 4.29. The van der Waals surface area contributed by atoms with Crippen molar-refractivity contribution in [2.75, 3.05) is 0 Å². The molecule has 0 aliphatic rings. The Kier molecular flexibility index (Phi) is 4.54. The highest BCUT2D eigenvalue weighted by molar-refractivity contribution is 5.22. The zero-order chi connectivity index (χ0) is 13.7. The molecule has 100 valence electrons. The Morgan fingerprint density at radius 2 is 2.11 bits per heavy atom. The highest BCUT2D eigenvalue weighted by atomic mass is 19.1. The van der Waals surface area contributed by atoms with Crippen LogP contribution in [0.25, 0.3) is 0 Å². The smallest absolute Gasteiger partial charge is 0.130 e. The molecule has 0 bridgehead atoms. The molecule has 3 nitrogen and oxygen atoms in total. The lowest BCUT2D eigenvalue weighted by atomic mass is 9.99. The van der Waals surface area contributed by atoms with Crippen LogP contribution in [-0.2, 0) is 6.42 Å². The van der Waals surface area contributed by atoms with E-state index in [1.807, 2.05) is 12.1 Å². The van der Waals surface area contributed by atoms with Crippen LogP contribution in [0.5, 0.6) is 0 Å². The molecule has 1 aromatic heterocycles. The Morgan fingerprint density at radius 3 is 2.74 bits per heavy atom. The number of nitrogens with zero attached hydrogens (tertiary/aromatic N) is 1. The topological polar surface area (TPSA) is 50.9 Å². The molecule has 3 N–H and O–H groups in total. The molecule has 2 rings (SSSR count). The van der Waals surface area contributed by atoms with Crippen molar-refractivity contribution in [2.45, 2.75) is 18.9 Å². The van der Waals surface area contributed by atoms with Gasteiger partial charge in [-0.05, 0) is 30.5 Å². The normalized spacial score (nSPS) is 12.4. The molecule has 1 aromatic carbocycles. The van der Waals surface area contributed by atoms with Crippen LogP contribution in [0.2, 0.25) is 0 Å². The maximum absolute atomic E-state index is 13.7. The van der Waals surface area contributed by atoms with Crippen LogP contribution in [0.15, 0.2) is 42.7 Å². The van der Waals surface area contributed by atoms with Crippen molar-refractivity contribution >= 4 is 0 Å². The van der Waals surface area contributed by atoms with Crippen molar-refractivity contribution in [3.8, 4) is 0 Å². The third-order valence-corrected chi connectivity index (χ3v) is 2.98. The van der Waals surface area contributed by atoms with E-state index in [-0.39, 0.29) is 6.04 Å². The molecule has 0 fully saturated rings. The van der Waals surface area contributed by atoms with Crippen molar-refractivity contribution in [1.29, 1.82) is 0 Å². The van der Waals surface area contributed by atoms with Gasteiger partial charge in [-0.25, -0.2) is 8.78 Å². The maximum atomic E-state index is 13.7. The van der Waals surface area contributed by atoms with E-state index in [2.05, 4.69) is 10.4 Å². The van der Waals surface area contributed by atoms with Gasteiger partial charge in [-0.1, -0.05) is 12.1 Å². The monoisotopic (exact) mass is 263 g/mol. The van der Waals surface area contributed by atoms with Crippen LogP contribution in [0, 0.1) is 11.6 Å². The second-order valence-electron chi connectivity index (χ2n) is 4.29. The molecule has 0 aliphatic carbocycles. The minimum Gasteiger partial charge on any atom is -0.271 e. The van der Waals surface area contributed by atoms with Gasteiger partial charge in [-0.2, -0.15) is 0 Å². The number of rotatable bonds is 5. The van der Waals surface area contributed by atoms with Crippen LogP contribution in [0.4, 0.5) is 8.78 Å². The molecule has 19 heavy (non-hydrogen) atoms. The summed E-state index contributed by atoms with van der Waals surface area (Å²) < 4.78 is 26.5. The highest BCUT2D eigenvalue weighted by Gasteiger charge is 2.15. The molecular weight excluding hydrogens is 248 g/mol. The highest BCUT2D eigenvalue weighted by Crippen LogP contribution is 2.21. The fraction of sp³-hybridized carbons (Fsp3) is 0.214. The Labute approximate surface area is 110 Å². The van der Waals surface area contributed by atoms with Gasteiger partial charge in [-0.3, -0.25) is 16.3 Å². The molecule has 1 atom stereocenters. The number of pyridine rings is 1. The number of halogens is 2. The molecule has 0 saturated carbocycles. The minimum atomic E-state index is -0.593. The van der Waals surface area contributed by atoms with Gasteiger partial charge < -0.3 is 0 Å². The van der Waals surface area contributed by atoms with Crippen LogP contribution < -0.4 is 11.3 Å². The summed E-state index contributed by atoms with van der Waals surface area (Å²) in [6.07, 6.45) is 4.76. The molecule has 2 aromatic rings. The van der Waals surface area contributed by atoms with E-state index >= 15 is 0 Å². The fourth-order valence-corrected chi connectivity index (χ4v) is 1.97. The molecule has 1 unspecified atom stereocenters. The summed E-state index contributed by atoms with van der Waals surface area (Å²) in [6.45, 7) is 0. The summed E-state index contributed by atoms with van der Waals surface area (Å²) in [5.74, 6) is 4.27. The third kappa shape index (κ3) is 3.56. The summed E-state index contributed by atoms with van der Waals surface area (Å²) in [5.41, 5.74) is 3.98. The lowest BCUT2D eigenvalue weighted by Crippen LogP contribution is -2.29. The molecule has 0 amide bonds. The van der Waals surface area contributed by atoms with Crippen molar-refractivity contribution in [1.82, 2.24) is 10.4 Å². The fourth-order valence-electron chi connectivity index (χ4n) is 1.97. The summed E-state index contributed by atoms with van der Waals surface area (Å²) in [6, 6.07) is 6.94. The first-order chi connectivity index (χ1) is 9.20. The van der Waals surface area contributed by atoms with Gasteiger partial charge >= 0.3 is 0 Å². The number of benzene rings is 1. The minimum absolute atomic E-state index is 0.360. The first-order valence-electron chi connectivity index (χ1n) is 6.00. The number of nitrogens with two attached hydrogens (primary N) is 1. The Morgan fingerprint density at radius 1 is 1.26 bits per heavy atom. The van der Waals surface area contributed by atoms with Crippen LogP contribution in [-0.4, -0.2) is 4.98 Å². The molecule has 0 saturated heterocycles. The SMILES string of the molecule is NNC(CCc1cccnc1)c1ccc(F)cc1F. The van der Waals surface area contributed by atoms with Crippen molar-refractivity contribution in [2.24, 2.45) is 5.84 Å². The van der Waals surface area contributed by atoms with Crippen molar-refractivity contribution < 1.29 is 8.78 Å². The van der Waals surface area contributed by atoms with Gasteiger partial charge in [0.05, 0.1) is 0 Å². The van der Waals surface area contributed by atoms with Gasteiger partial charge in [0.2, 0.25) is 0 Å². The quantitative estimate of drug-likeness (QED) is 0.643. The summed E-state index contributed by atoms with van der Waals surface area (Å²) >= 11 is 0. The zero-order valence-electron chi connectivity index (χ0n) is 10.3. The number of aromatic nitrogens is 1. The lowest BCUT2D eigenvalue weighted by molar-refractivity contribution is 0.480. The van der Waals surface area contributed by atoms with Gasteiger partial charge in [0.15, 0.2) is 0 Å². The van der Waals surface area contributed by atoms with Crippen LogP contribution >= 0.6 is 0 Å². The first kappa shape index (κ1) is 13.6. The maximum Gasteiger partial charge on any atom is 0.130 e. The van der Waals surface area contributed by atoms with Gasteiger partial charge in [0, 0.05) is 30.1 Å². The number of aryl methyl sites for hydroxylation is 1. The predicted molar refractivity (Wildman–Crippen MR) is 69.0 cm³/mol. The van der Waals surface area contributed by atoms with Crippen molar-refractivity contribution in [3.63, 3.8) is 0 Å².